The summed E-state index contributed by atoms with van der Waals surface area (Å²) in [6.07, 6.45) is 7.39. The van der Waals surface area contributed by atoms with Crippen LogP contribution in [0.4, 0.5) is 10.3 Å². The Labute approximate surface area is 163 Å². The summed E-state index contributed by atoms with van der Waals surface area (Å²) < 4.78 is 15.0. The Bertz CT molecular complexity index is 869. The summed E-state index contributed by atoms with van der Waals surface area (Å²) in [6, 6.07) is 0.562. The average Bonchev–Trinajstić information content (AvgIpc) is 3.17. The molecule has 8 nitrogen and oxygen atoms in total. The van der Waals surface area contributed by atoms with Crippen molar-refractivity contribution < 1.29 is 9.18 Å². The van der Waals surface area contributed by atoms with Crippen molar-refractivity contribution in [3.63, 3.8) is 0 Å². The molecular weight excluding hydrogens is 361 g/mol. The van der Waals surface area contributed by atoms with Crippen LogP contribution in [0.3, 0.4) is 0 Å². The van der Waals surface area contributed by atoms with Crippen molar-refractivity contribution in [3.8, 4) is 0 Å². The second-order valence-corrected chi connectivity index (χ2v) is 8.03. The summed E-state index contributed by atoms with van der Waals surface area (Å²) in [5.74, 6) is 0.360. The number of aromatic nitrogens is 4. The van der Waals surface area contributed by atoms with Gasteiger partial charge in [-0.1, -0.05) is 0 Å². The first kappa shape index (κ1) is 17.5. The maximum atomic E-state index is 13.1. The van der Waals surface area contributed by atoms with Gasteiger partial charge >= 0.3 is 0 Å². The Morgan fingerprint density at radius 3 is 2.64 bits per heavy atom. The minimum absolute atomic E-state index is 0.181. The van der Waals surface area contributed by atoms with Crippen LogP contribution in [0.1, 0.15) is 24.1 Å². The third-order valence-electron chi connectivity index (χ3n) is 6.08. The van der Waals surface area contributed by atoms with Crippen molar-refractivity contribution >= 4 is 11.9 Å². The number of amides is 1. The van der Waals surface area contributed by atoms with Gasteiger partial charge in [0.25, 0.3) is 0 Å². The van der Waals surface area contributed by atoms with E-state index in [0.717, 1.165) is 50.2 Å². The van der Waals surface area contributed by atoms with Crippen LogP contribution in [0.15, 0.2) is 18.6 Å². The number of carbonyl (C=O) groups is 1. The number of halogens is 1. The lowest BCUT2D eigenvalue weighted by Crippen LogP contribution is -2.56. The highest BCUT2D eigenvalue weighted by Gasteiger charge is 2.42. The van der Waals surface area contributed by atoms with Crippen molar-refractivity contribution in [2.24, 2.45) is 7.05 Å². The maximum Gasteiger partial charge on any atom is 0.237 e. The number of rotatable bonds is 3. The first-order valence-corrected chi connectivity index (χ1v) is 9.84. The fraction of sp³-hybridized carbons (Fsp3) is 0.579. The number of aryl methyl sites for hydroxylation is 1. The lowest BCUT2D eigenvalue weighted by atomic mass is 10.1. The monoisotopic (exact) mass is 385 g/mol. The van der Waals surface area contributed by atoms with E-state index in [2.05, 4.69) is 24.9 Å². The van der Waals surface area contributed by atoms with Gasteiger partial charge in [0.15, 0.2) is 5.82 Å². The van der Waals surface area contributed by atoms with Gasteiger partial charge in [0, 0.05) is 63.5 Å². The maximum absolute atomic E-state index is 13.1. The van der Waals surface area contributed by atoms with Crippen LogP contribution in [0.5, 0.6) is 0 Å². The molecule has 2 bridgehead atoms. The fourth-order valence-electron chi connectivity index (χ4n) is 4.84. The van der Waals surface area contributed by atoms with Gasteiger partial charge in [-0.3, -0.25) is 14.4 Å². The van der Waals surface area contributed by atoms with Crippen LogP contribution >= 0.6 is 0 Å². The molecule has 28 heavy (non-hydrogen) atoms. The van der Waals surface area contributed by atoms with Crippen molar-refractivity contribution in [2.75, 3.05) is 31.1 Å². The second-order valence-electron chi connectivity index (χ2n) is 8.03. The van der Waals surface area contributed by atoms with Gasteiger partial charge < -0.3 is 9.80 Å². The van der Waals surface area contributed by atoms with Crippen molar-refractivity contribution in [1.29, 1.82) is 0 Å². The molecule has 2 atom stereocenters. The van der Waals surface area contributed by atoms with Gasteiger partial charge in [0.05, 0.1) is 24.6 Å². The molecule has 2 unspecified atom stereocenters. The molecule has 0 aliphatic carbocycles. The standard InChI is InChI=1S/C19H24FN7O/c1-24-8-13-9-26(5-4-17(13)23-24)18(28)12-25-10-15-2-3-16(11-25)27(15)19-21-6-14(20)7-22-19/h6-8,15-16H,2-5,9-12H2,1H3. The Kier molecular flexibility index (Phi) is 4.26. The van der Waals surface area contributed by atoms with E-state index in [1.807, 2.05) is 22.8 Å². The van der Waals surface area contributed by atoms with E-state index in [-0.39, 0.29) is 18.0 Å². The Hall–Kier alpha value is -2.55. The highest BCUT2D eigenvalue weighted by atomic mass is 19.1. The normalized spacial score (nSPS) is 24.5. The zero-order valence-corrected chi connectivity index (χ0v) is 16.0. The van der Waals surface area contributed by atoms with Crippen LogP contribution in [0.25, 0.3) is 0 Å². The molecular formula is C19H24FN7O. The number of hydrogen-bond acceptors (Lipinski definition) is 6. The predicted octanol–water partition coefficient (Wildman–Crippen LogP) is 0.587. The van der Waals surface area contributed by atoms with Crippen molar-refractivity contribution in [3.05, 3.63) is 35.7 Å². The molecule has 0 spiro atoms. The molecule has 0 radical (unpaired) electrons. The molecule has 2 saturated heterocycles. The largest absolute Gasteiger partial charge is 0.337 e. The quantitative estimate of drug-likeness (QED) is 0.770. The highest BCUT2D eigenvalue weighted by molar-refractivity contribution is 5.78. The van der Waals surface area contributed by atoms with Gasteiger partial charge in [0.2, 0.25) is 11.9 Å². The fourth-order valence-corrected chi connectivity index (χ4v) is 4.84. The van der Waals surface area contributed by atoms with Crippen LogP contribution in [-0.4, -0.2) is 73.7 Å². The summed E-state index contributed by atoms with van der Waals surface area (Å²) in [7, 11) is 1.92. The minimum atomic E-state index is -0.418. The van der Waals surface area contributed by atoms with Gasteiger partial charge in [-0.25, -0.2) is 14.4 Å². The SMILES string of the molecule is Cn1cc2c(n1)CCN(C(=O)CN1CC3CCC(C1)N3c1ncc(F)cn1)C2. The number of likely N-dealkylation sites (tertiary alicyclic amines) is 1. The molecule has 3 aliphatic heterocycles. The predicted molar refractivity (Wildman–Crippen MR) is 100 cm³/mol. The molecule has 0 aromatic carbocycles. The highest BCUT2D eigenvalue weighted by Crippen LogP contribution is 2.33. The summed E-state index contributed by atoms with van der Waals surface area (Å²) in [6.45, 7) is 3.46. The van der Waals surface area contributed by atoms with Crippen molar-refractivity contribution in [1.82, 2.24) is 29.5 Å². The molecule has 9 heteroatoms. The van der Waals surface area contributed by atoms with Crippen LogP contribution in [0.2, 0.25) is 0 Å². The number of piperazine rings is 1. The summed E-state index contributed by atoms with van der Waals surface area (Å²) in [5, 5.41) is 4.46. The topological polar surface area (TPSA) is 70.4 Å². The first-order valence-electron chi connectivity index (χ1n) is 9.84. The molecule has 2 aromatic rings. The van der Waals surface area contributed by atoms with Crippen LogP contribution < -0.4 is 4.90 Å². The smallest absolute Gasteiger partial charge is 0.237 e. The molecule has 1 amide bonds. The molecule has 2 fully saturated rings. The second kappa shape index (κ2) is 6.80. The van der Waals surface area contributed by atoms with E-state index in [4.69, 9.17) is 0 Å². The van der Waals surface area contributed by atoms with Gasteiger partial charge in [-0.05, 0) is 12.8 Å². The summed E-state index contributed by atoms with van der Waals surface area (Å²) in [4.78, 5) is 27.6. The van der Waals surface area contributed by atoms with Crippen LogP contribution in [-0.2, 0) is 24.8 Å². The number of anilines is 1. The molecule has 0 N–H and O–H groups in total. The minimum Gasteiger partial charge on any atom is -0.337 e. The molecule has 5 rings (SSSR count). The van der Waals surface area contributed by atoms with Gasteiger partial charge in [-0.15, -0.1) is 0 Å². The molecule has 5 heterocycles. The Balaban J connectivity index is 1.22. The van der Waals surface area contributed by atoms with E-state index in [1.54, 1.807) is 0 Å². The molecule has 2 aromatic heterocycles. The van der Waals surface area contributed by atoms with E-state index >= 15 is 0 Å². The Morgan fingerprint density at radius 2 is 1.93 bits per heavy atom. The number of nitrogens with zero attached hydrogens (tertiary/aromatic N) is 7. The summed E-state index contributed by atoms with van der Waals surface area (Å²) >= 11 is 0. The third-order valence-corrected chi connectivity index (χ3v) is 6.08. The lowest BCUT2D eigenvalue weighted by molar-refractivity contribution is -0.133. The van der Waals surface area contributed by atoms with Crippen molar-refractivity contribution in [2.45, 2.75) is 37.9 Å². The van der Waals surface area contributed by atoms with E-state index in [9.17, 15) is 9.18 Å². The number of carbonyl (C=O) groups excluding carboxylic acids is 1. The number of hydrogen-bond donors (Lipinski definition) is 0. The molecule has 148 valence electrons. The zero-order chi connectivity index (χ0) is 19.3. The summed E-state index contributed by atoms with van der Waals surface area (Å²) in [5.41, 5.74) is 2.26. The Morgan fingerprint density at radius 1 is 1.21 bits per heavy atom. The zero-order valence-electron chi connectivity index (χ0n) is 16.0. The molecule has 3 aliphatic rings. The first-order chi connectivity index (χ1) is 13.6. The lowest BCUT2D eigenvalue weighted by Gasteiger charge is -2.41. The van der Waals surface area contributed by atoms with E-state index in [1.165, 1.54) is 12.4 Å². The van der Waals surface area contributed by atoms with Gasteiger partial charge in [0.1, 0.15) is 0 Å². The van der Waals surface area contributed by atoms with Crippen LogP contribution in [0, 0.1) is 5.82 Å². The van der Waals surface area contributed by atoms with E-state index in [0.29, 0.717) is 19.0 Å². The third kappa shape index (κ3) is 3.13. The van der Waals surface area contributed by atoms with E-state index < -0.39 is 5.82 Å². The van der Waals surface area contributed by atoms with Gasteiger partial charge in [-0.2, -0.15) is 5.10 Å². The molecule has 0 saturated carbocycles. The average molecular weight is 385 g/mol. The number of fused-ring (bicyclic) bond motifs is 3.